The first kappa shape index (κ1) is 36.9. The highest BCUT2D eigenvalue weighted by Crippen LogP contribution is 2.23. The Balaban J connectivity index is 1.46. The van der Waals surface area contributed by atoms with Crippen LogP contribution < -0.4 is 4.84 Å². The molecule has 2 fully saturated rings. The van der Waals surface area contributed by atoms with E-state index in [1.54, 1.807) is 4.90 Å². The molecule has 8 N–H and O–H groups in total. The molecule has 0 aliphatic carbocycles. The van der Waals surface area contributed by atoms with Crippen LogP contribution in [-0.4, -0.2) is 150 Å². The zero-order valence-electron chi connectivity index (χ0n) is 25.3. The fourth-order valence-electron chi connectivity index (χ4n) is 4.92. The van der Waals surface area contributed by atoms with E-state index < -0.39 is 79.1 Å². The lowest BCUT2D eigenvalue weighted by molar-refractivity contribution is -0.293. The van der Waals surface area contributed by atoms with E-state index in [0.29, 0.717) is 30.4 Å². The van der Waals surface area contributed by atoms with E-state index in [0.717, 1.165) is 12.1 Å². The van der Waals surface area contributed by atoms with Crippen molar-refractivity contribution in [3.63, 3.8) is 0 Å². The van der Waals surface area contributed by atoms with Crippen molar-refractivity contribution >= 4 is 11.9 Å². The second-order valence-electron chi connectivity index (χ2n) is 11.2. The quantitative estimate of drug-likeness (QED) is 0.0877. The van der Waals surface area contributed by atoms with E-state index in [1.807, 2.05) is 0 Å². The highest BCUT2D eigenvalue weighted by Gasteiger charge is 2.43. The summed E-state index contributed by atoms with van der Waals surface area (Å²) in [6.07, 6.45) is -10.9. The van der Waals surface area contributed by atoms with Gasteiger partial charge in [0.05, 0.1) is 25.4 Å². The molecule has 0 spiro atoms. The van der Waals surface area contributed by atoms with E-state index in [-0.39, 0.29) is 45.1 Å². The Labute approximate surface area is 260 Å². The molecule has 45 heavy (non-hydrogen) atoms. The molecule has 0 unspecified atom stereocenters. The lowest BCUT2D eigenvalue weighted by Crippen LogP contribution is -2.57. The molecule has 2 saturated heterocycles. The standard InChI is InChI=1S/C28H46N2O15/c1-15-21(35)23(37)25(39)27(43-15)41-13-5-11-29(12-6-14-42-28-26(40)24(38)22(36)16(2)44-28)17(31)7-3-4-8-20(34)45-30-18(32)9-10-19(30)33/h9-10,15-16,21-28,32-33,35-40H,3-8,11-14H2,1-2H3/t15-,16-,21+,22+,23+,24+,25-,26-,27+,28+/m0/s1. The molecule has 1 aromatic heterocycles. The summed E-state index contributed by atoms with van der Waals surface area (Å²) in [6, 6.07) is 2.31. The minimum Gasteiger partial charge on any atom is -0.492 e. The first-order valence-corrected chi connectivity index (χ1v) is 15.0. The lowest BCUT2D eigenvalue weighted by atomic mass is 10.0. The Bertz CT molecular complexity index is 1010. The third-order valence-corrected chi connectivity index (χ3v) is 7.69. The van der Waals surface area contributed by atoms with Gasteiger partial charge in [-0.15, -0.1) is 4.73 Å². The summed E-state index contributed by atoms with van der Waals surface area (Å²) in [6.45, 7) is 3.66. The van der Waals surface area contributed by atoms with Gasteiger partial charge >= 0.3 is 5.97 Å². The van der Waals surface area contributed by atoms with Crippen LogP contribution in [0, 0.1) is 0 Å². The van der Waals surface area contributed by atoms with Gasteiger partial charge in [0.2, 0.25) is 17.7 Å². The molecule has 0 radical (unpaired) electrons. The summed E-state index contributed by atoms with van der Waals surface area (Å²) in [5, 5.41) is 79.1. The lowest BCUT2D eigenvalue weighted by Gasteiger charge is -2.39. The molecule has 0 bridgehead atoms. The molecule has 2 aliphatic rings. The zero-order valence-corrected chi connectivity index (χ0v) is 25.3. The number of carbonyl (C=O) groups excluding carboxylic acids is 2. The van der Waals surface area contributed by atoms with E-state index in [9.17, 15) is 50.4 Å². The summed E-state index contributed by atoms with van der Waals surface area (Å²) < 4.78 is 22.6. The minimum absolute atomic E-state index is 0.0582. The van der Waals surface area contributed by atoms with Gasteiger partial charge < -0.3 is 69.5 Å². The van der Waals surface area contributed by atoms with Gasteiger partial charge in [0, 0.05) is 38.1 Å². The predicted molar refractivity (Wildman–Crippen MR) is 150 cm³/mol. The number of nitrogens with zero attached hydrogens (tertiary/aromatic N) is 2. The topological polar surface area (TPSA) is 250 Å². The largest absolute Gasteiger partial charge is 0.492 e. The number of hydrogen-bond acceptors (Lipinski definition) is 15. The first-order chi connectivity index (χ1) is 21.3. The summed E-state index contributed by atoms with van der Waals surface area (Å²) >= 11 is 0. The molecular weight excluding hydrogens is 604 g/mol. The number of aromatic hydroxyl groups is 2. The molecule has 258 valence electrons. The van der Waals surface area contributed by atoms with Crippen LogP contribution in [0.15, 0.2) is 12.1 Å². The van der Waals surface area contributed by atoms with Crippen molar-refractivity contribution in [1.29, 1.82) is 0 Å². The second kappa shape index (κ2) is 17.4. The van der Waals surface area contributed by atoms with Gasteiger partial charge in [-0.3, -0.25) is 4.79 Å². The predicted octanol–water partition coefficient (Wildman–Crippen LogP) is -2.29. The van der Waals surface area contributed by atoms with Crippen molar-refractivity contribution in [2.45, 2.75) is 114 Å². The van der Waals surface area contributed by atoms with Gasteiger partial charge in [-0.1, -0.05) is 0 Å². The van der Waals surface area contributed by atoms with Crippen molar-refractivity contribution < 1.29 is 74.2 Å². The Morgan fingerprint density at radius 1 is 0.711 bits per heavy atom. The molecule has 2 aliphatic heterocycles. The second-order valence-corrected chi connectivity index (χ2v) is 11.2. The van der Waals surface area contributed by atoms with Crippen LogP contribution >= 0.6 is 0 Å². The average Bonchev–Trinajstić information content (AvgIpc) is 3.32. The van der Waals surface area contributed by atoms with Gasteiger partial charge in [-0.25, -0.2) is 4.79 Å². The van der Waals surface area contributed by atoms with Crippen molar-refractivity contribution in [2.75, 3.05) is 26.3 Å². The zero-order chi connectivity index (χ0) is 33.3. The maximum atomic E-state index is 13.1. The van der Waals surface area contributed by atoms with Crippen LogP contribution in [0.1, 0.15) is 52.4 Å². The van der Waals surface area contributed by atoms with E-state index in [2.05, 4.69) is 0 Å². The maximum absolute atomic E-state index is 13.1. The van der Waals surface area contributed by atoms with Gasteiger partial charge in [-0.05, 0) is 39.5 Å². The number of ether oxygens (including phenoxy) is 4. The molecule has 0 saturated carbocycles. The van der Waals surface area contributed by atoms with Gasteiger partial charge in [0.1, 0.15) is 36.6 Å². The monoisotopic (exact) mass is 650 g/mol. The molecule has 0 aromatic carbocycles. The van der Waals surface area contributed by atoms with Crippen molar-refractivity contribution in [3.05, 3.63) is 12.1 Å². The first-order valence-electron chi connectivity index (χ1n) is 15.0. The van der Waals surface area contributed by atoms with Crippen molar-refractivity contribution in [1.82, 2.24) is 9.63 Å². The average molecular weight is 651 g/mol. The highest BCUT2D eigenvalue weighted by atomic mass is 16.7. The molecule has 1 amide bonds. The number of rotatable bonds is 16. The van der Waals surface area contributed by atoms with E-state index >= 15 is 0 Å². The minimum atomic E-state index is -1.46. The number of carbonyl (C=O) groups is 2. The fourth-order valence-corrected chi connectivity index (χ4v) is 4.92. The van der Waals surface area contributed by atoms with Crippen LogP contribution in [0.2, 0.25) is 0 Å². The summed E-state index contributed by atoms with van der Waals surface area (Å²) in [5.41, 5.74) is 0. The van der Waals surface area contributed by atoms with Crippen LogP contribution in [0.25, 0.3) is 0 Å². The number of amides is 1. The van der Waals surface area contributed by atoms with Crippen LogP contribution in [0.4, 0.5) is 0 Å². The van der Waals surface area contributed by atoms with E-state index in [1.165, 1.54) is 13.8 Å². The molecule has 17 nitrogen and oxygen atoms in total. The van der Waals surface area contributed by atoms with Gasteiger partial charge in [0.25, 0.3) is 0 Å². The number of aromatic nitrogens is 1. The third-order valence-electron chi connectivity index (χ3n) is 7.69. The third kappa shape index (κ3) is 10.2. The fraction of sp³-hybridized carbons (Fsp3) is 0.786. The van der Waals surface area contributed by atoms with Crippen LogP contribution in [-0.2, 0) is 28.5 Å². The molecule has 3 heterocycles. The maximum Gasteiger partial charge on any atom is 0.333 e. The molecular formula is C28H46N2O15. The van der Waals surface area contributed by atoms with E-state index in [4.69, 9.17) is 23.8 Å². The molecule has 17 heteroatoms. The summed E-state index contributed by atoms with van der Waals surface area (Å²) in [7, 11) is 0. The Kier molecular flexibility index (Phi) is 14.2. The van der Waals surface area contributed by atoms with Crippen LogP contribution in [0.5, 0.6) is 11.8 Å². The SMILES string of the molecule is C[C@@H]1O[C@@H](OCCCN(CCCO[C@@H]2O[C@@H](C)[C@@H](O)[C@@H](O)[C@@H]2O)C(=O)CCCCC(=O)On2c(O)ccc2O)[C@@H](O)[C@H](O)[C@@H]1O. The summed E-state index contributed by atoms with van der Waals surface area (Å²) in [4.78, 5) is 31.6. The molecule has 3 rings (SSSR count). The Morgan fingerprint density at radius 2 is 1.16 bits per heavy atom. The molecule has 10 atom stereocenters. The Morgan fingerprint density at radius 3 is 1.62 bits per heavy atom. The van der Waals surface area contributed by atoms with Crippen LogP contribution in [0.3, 0.4) is 0 Å². The molecule has 1 aromatic rings. The number of hydrogen-bond donors (Lipinski definition) is 8. The Hall–Kier alpha value is -2.58. The van der Waals surface area contributed by atoms with Crippen molar-refractivity contribution in [2.24, 2.45) is 0 Å². The normalized spacial score (nSPS) is 31.9. The number of aliphatic hydroxyl groups excluding tert-OH is 6. The van der Waals surface area contributed by atoms with Gasteiger partial charge in [-0.2, -0.15) is 0 Å². The highest BCUT2D eigenvalue weighted by molar-refractivity contribution is 5.76. The number of unbranched alkanes of at least 4 members (excludes halogenated alkanes) is 1. The summed E-state index contributed by atoms with van der Waals surface area (Å²) in [5.74, 6) is -1.83. The number of aliphatic hydroxyl groups is 6. The smallest absolute Gasteiger partial charge is 0.333 e. The van der Waals surface area contributed by atoms with Gasteiger partial charge in [0.15, 0.2) is 12.6 Å². The van der Waals surface area contributed by atoms with Crippen molar-refractivity contribution in [3.8, 4) is 11.8 Å².